The number of carbonyl (C=O) groups excluding carboxylic acids is 1. The summed E-state index contributed by atoms with van der Waals surface area (Å²) >= 11 is 0. The molecule has 0 saturated carbocycles. The molecule has 0 aliphatic carbocycles. The molecule has 2 aliphatic heterocycles. The van der Waals surface area contributed by atoms with Gasteiger partial charge in [-0.05, 0) is 51.0 Å². The van der Waals surface area contributed by atoms with Gasteiger partial charge < -0.3 is 14.4 Å². The van der Waals surface area contributed by atoms with Crippen molar-refractivity contribution in [3.8, 4) is 17.9 Å². The lowest BCUT2D eigenvalue weighted by Gasteiger charge is -2.40. The Balaban J connectivity index is 1.50. The summed E-state index contributed by atoms with van der Waals surface area (Å²) in [5.41, 5.74) is -0.495. The molecule has 2 fully saturated rings. The van der Waals surface area contributed by atoms with Crippen molar-refractivity contribution in [1.29, 1.82) is 10.5 Å². The molecule has 1 aromatic rings. The zero-order valence-electron chi connectivity index (χ0n) is 15.7. The van der Waals surface area contributed by atoms with Crippen LogP contribution in [0.1, 0.15) is 32.3 Å². The molecule has 2 heterocycles. The quantitative estimate of drug-likeness (QED) is 0.793. The molecular formula is C20H24N4O3. The fraction of sp³-hybridized carbons (Fsp3) is 0.550. The number of carbonyl (C=O) groups is 1. The normalized spacial score (nSPS) is 22.0. The summed E-state index contributed by atoms with van der Waals surface area (Å²) in [6, 6.07) is 11.8. The van der Waals surface area contributed by atoms with E-state index >= 15 is 0 Å². The van der Waals surface area contributed by atoms with Crippen LogP contribution in [0.5, 0.6) is 5.75 Å². The molecule has 0 radical (unpaired) electrons. The van der Waals surface area contributed by atoms with Crippen molar-refractivity contribution < 1.29 is 14.3 Å². The van der Waals surface area contributed by atoms with Crippen molar-refractivity contribution in [3.05, 3.63) is 29.8 Å². The second-order valence-electron chi connectivity index (χ2n) is 7.50. The number of fused-ring (bicyclic) bond motifs is 2. The van der Waals surface area contributed by atoms with Gasteiger partial charge in [-0.15, -0.1) is 0 Å². The molecule has 7 nitrogen and oxygen atoms in total. The number of benzene rings is 1. The van der Waals surface area contributed by atoms with Crippen LogP contribution in [-0.2, 0) is 4.74 Å². The molecule has 142 valence electrons. The highest BCUT2D eigenvalue weighted by Gasteiger charge is 2.42. The summed E-state index contributed by atoms with van der Waals surface area (Å²) < 4.78 is 11.1. The molecule has 2 atom stereocenters. The summed E-state index contributed by atoms with van der Waals surface area (Å²) in [4.78, 5) is 16.5. The second kappa shape index (κ2) is 7.85. The zero-order valence-corrected chi connectivity index (χ0v) is 15.7. The standard InChI is InChI=1S/C20H24N4O3/c1-20(2,14-22)27-19(25)23-12-16-5-6-17(13-23)24(16)9-10-26-18-7-3-15(11-21)4-8-18/h3-4,7-8,16-17H,5-6,9-10,12-13H2,1-2H3. The fourth-order valence-corrected chi connectivity index (χ4v) is 3.70. The first kappa shape index (κ1) is 19.0. The summed E-state index contributed by atoms with van der Waals surface area (Å²) in [5.74, 6) is 0.752. The van der Waals surface area contributed by atoms with Crippen LogP contribution in [0.3, 0.4) is 0 Å². The maximum atomic E-state index is 12.3. The van der Waals surface area contributed by atoms with E-state index in [1.165, 1.54) is 0 Å². The van der Waals surface area contributed by atoms with E-state index in [9.17, 15) is 4.79 Å². The maximum absolute atomic E-state index is 12.3. The number of likely N-dealkylation sites (tertiary alicyclic amines) is 1. The number of amides is 1. The van der Waals surface area contributed by atoms with Gasteiger partial charge in [0.05, 0.1) is 11.6 Å². The van der Waals surface area contributed by atoms with Crippen molar-refractivity contribution in [1.82, 2.24) is 9.80 Å². The molecule has 0 aromatic heterocycles. The Labute approximate surface area is 159 Å². The van der Waals surface area contributed by atoms with Gasteiger partial charge >= 0.3 is 6.09 Å². The van der Waals surface area contributed by atoms with Crippen LogP contribution in [0, 0.1) is 22.7 Å². The van der Waals surface area contributed by atoms with Gasteiger partial charge in [-0.3, -0.25) is 4.90 Å². The number of ether oxygens (including phenoxy) is 2. The summed E-state index contributed by atoms with van der Waals surface area (Å²) in [5, 5.41) is 17.9. The zero-order chi connectivity index (χ0) is 19.4. The highest BCUT2D eigenvalue weighted by molar-refractivity contribution is 5.69. The third-order valence-corrected chi connectivity index (χ3v) is 5.10. The van der Waals surface area contributed by atoms with Gasteiger partial charge in [-0.2, -0.15) is 10.5 Å². The van der Waals surface area contributed by atoms with Crippen LogP contribution in [0.2, 0.25) is 0 Å². The Kier molecular flexibility index (Phi) is 5.53. The van der Waals surface area contributed by atoms with Crippen LogP contribution < -0.4 is 4.74 Å². The number of hydrogen-bond acceptors (Lipinski definition) is 6. The third-order valence-electron chi connectivity index (χ3n) is 5.10. The molecule has 2 unspecified atom stereocenters. The Hall–Kier alpha value is -2.77. The lowest BCUT2D eigenvalue weighted by Crippen LogP contribution is -2.56. The fourth-order valence-electron chi connectivity index (χ4n) is 3.70. The van der Waals surface area contributed by atoms with Crippen LogP contribution in [0.15, 0.2) is 24.3 Å². The maximum Gasteiger partial charge on any atom is 0.411 e. The van der Waals surface area contributed by atoms with E-state index < -0.39 is 11.7 Å². The number of hydrogen-bond donors (Lipinski definition) is 0. The molecule has 7 heteroatoms. The SMILES string of the molecule is CC(C)(C#N)OC(=O)N1CC2CCC(C1)N2CCOc1ccc(C#N)cc1. The van der Waals surface area contributed by atoms with Crippen molar-refractivity contribution in [2.75, 3.05) is 26.2 Å². The van der Waals surface area contributed by atoms with Gasteiger partial charge in [0.25, 0.3) is 0 Å². The minimum Gasteiger partial charge on any atom is -0.492 e. The smallest absolute Gasteiger partial charge is 0.411 e. The minimum atomic E-state index is -1.11. The molecule has 1 aromatic carbocycles. The first-order valence-corrected chi connectivity index (χ1v) is 9.20. The van der Waals surface area contributed by atoms with Gasteiger partial charge in [-0.1, -0.05) is 0 Å². The Bertz CT molecular complexity index is 749. The van der Waals surface area contributed by atoms with E-state index in [-0.39, 0.29) is 0 Å². The predicted octanol–water partition coefficient (Wildman–Crippen LogP) is 2.52. The molecule has 2 saturated heterocycles. The largest absolute Gasteiger partial charge is 0.492 e. The van der Waals surface area contributed by atoms with Gasteiger partial charge in [-0.25, -0.2) is 4.79 Å². The van der Waals surface area contributed by atoms with Crippen molar-refractivity contribution in [3.63, 3.8) is 0 Å². The first-order valence-electron chi connectivity index (χ1n) is 9.20. The van der Waals surface area contributed by atoms with E-state index in [0.717, 1.165) is 25.1 Å². The Morgan fingerprint density at radius 3 is 2.37 bits per heavy atom. The second-order valence-corrected chi connectivity index (χ2v) is 7.50. The van der Waals surface area contributed by atoms with E-state index in [1.807, 2.05) is 6.07 Å². The van der Waals surface area contributed by atoms with Gasteiger partial charge in [0.15, 0.2) is 5.60 Å². The Morgan fingerprint density at radius 2 is 1.81 bits per heavy atom. The number of nitriles is 2. The van der Waals surface area contributed by atoms with Crippen molar-refractivity contribution in [2.45, 2.75) is 44.4 Å². The van der Waals surface area contributed by atoms with Gasteiger partial charge in [0, 0.05) is 31.7 Å². The van der Waals surface area contributed by atoms with E-state index in [0.29, 0.717) is 37.3 Å². The van der Waals surface area contributed by atoms with Crippen LogP contribution in [-0.4, -0.2) is 59.8 Å². The van der Waals surface area contributed by atoms with E-state index in [2.05, 4.69) is 11.0 Å². The van der Waals surface area contributed by atoms with Crippen LogP contribution in [0.25, 0.3) is 0 Å². The van der Waals surface area contributed by atoms with E-state index in [1.54, 1.807) is 43.0 Å². The minimum absolute atomic E-state index is 0.297. The molecule has 3 rings (SSSR count). The third kappa shape index (κ3) is 4.50. The van der Waals surface area contributed by atoms with Crippen LogP contribution >= 0.6 is 0 Å². The number of nitrogens with zero attached hydrogens (tertiary/aromatic N) is 4. The van der Waals surface area contributed by atoms with Crippen LogP contribution in [0.4, 0.5) is 4.79 Å². The lowest BCUT2D eigenvalue weighted by molar-refractivity contribution is 0.0121. The molecule has 2 bridgehead atoms. The number of rotatable bonds is 5. The summed E-state index contributed by atoms with van der Waals surface area (Å²) in [7, 11) is 0. The average Bonchev–Trinajstić information content (AvgIpc) is 2.89. The lowest BCUT2D eigenvalue weighted by atomic mass is 10.2. The molecule has 1 amide bonds. The monoisotopic (exact) mass is 368 g/mol. The summed E-state index contributed by atoms with van der Waals surface area (Å²) in [6.07, 6.45) is 1.69. The Morgan fingerprint density at radius 1 is 1.19 bits per heavy atom. The topological polar surface area (TPSA) is 89.6 Å². The van der Waals surface area contributed by atoms with Gasteiger partial charge in [0.2, 0.25) is 0 Å². The predicted molar refractivity (Wildman–Crippen MR) is 97.9 cm³/mol. The van der Waals surface area contributed by atoms with E-state index in [4.69, 9.17) is 20.0 Å². The number of piperazine rings is 1. The molecule has 0 N–H and O–H groups in total. The molecule has 2 aliphatic rings. The van der Waals surface area contributed by atoms with Gasteiger partial charge in [0.1, 0.15) is 18.4 Å². The molecular weight excluding hydrogens is 344 g/mol. The molecule has 0 spiro atoms. The first-order chi connectivity index (χ1) is 12.9. The van der Waals surface area contributed by atoms with Crippen molar-refractivity contribution in [2.24, 2.45) is 0 Å². The van der Waals surface area contributed by atoms with Crippen molar-refractivity contribution >= 4 is 6.09 Å². The molecule has 27 heavy (non-hydrogen) atoms. The summed E-state index contributed by atoms with van der Waals surface area (Å²) in [6.45, 7) is 5.78. The highest BCUT2D eigenvalue weighted by Crippen LogP contribution is 2.30. The average molecular weight is 368 g/mol. The highest BCUT2D eigenvalue weighted by atomic mass is 16.6.